The second-order valence-corrected chi connectivity index (χ2v) is 3.92. The molecule has 0 amide bonds. The number of nitrogens with two attached hydrogens (primary N) is 1. The normalized spacial score (nSPS) is 12.5. The molecule has 1 rings (SSSR count). The zero-order valence-corrected chi connectivity index (χ0v) is 9.92. The van der Waals surface area contributed by atoms with E-state index in [0.29, 0.717) is 0 Å². The van der Waals surface area contributed by atoms with Crippen LogP contribution in [0.15, 0.2) is 18.2 Å². The molecule has 2 nitrogen and oxygen atoms in total. The van der Waals surface area contributed by atoms with Crippen molar-refractivity contribution in [1.29, 1.82) is 0 Å². The van der Waals surface area contributed by atoms with Crippen molar-refractivity contribution in [2.24, 2.45) is 5.73 Å². The van der Waals surface area contributed by atoms with Crippen LogP contribution in [-0.2, 0) is 0 Å². The van der Waals surface area contributed by atoms with E-state index in [1.165, 1.54) is 24.0 Å². The van der Waals surface area contributed by atoms with Gasteiger partial charge < -0.3 is 10.5 Å². The Kier molecular flexibility index (Phi) is 4.63. The molecule has 15 heavy (non-hydrogen) atoms. The number of hydrogen-bond acceptors (Lipinski definition) is 2. The zero-order chi connectivity index (χ0) is 11.3. The molecule has 0 aromatic heterocycles. The van der Waals surface area contributed by atoms with Crippen molar-refractivity contribution < 1.29 is 4.74 Å². The van der Waals surface area contributed by atoms with Gasteiger partial charge in [-0.3, -0.25) is 0 Å². The fourth-order valence-corrected chi connectivity index (χ4v) is 1.83. The van der Waals surface area contributed by atoms with E-state index in [9.17, 15) is 0 Å². The van der Waals surface area contributed by atoms with Gasteiger partial charge in [0.2, 0.25) is 0 Å². The van der Waals surface area contributed by atoms with Crippen LogP contribution in [0, 0.1) is 6.92 Å². The Hall–Kier alpha value is -1.02. The Morgan fingerprint density at radius 2 is 2.13 bits per heavy atom. The van der Waals surface area contributed by atoms with Crippen LogP contribution in [0.3, 0.4) is 0 Å². The maximum absolute atomic E-state index is 6.15. The molecule has 1 aromatic rings. The highest BCUT2D eigenvalue weighted by molar-refractivity contribution is 5.40. The molecule has 0 spiro atoms. The highest BCUT2D eigenvalue weighted by atomic mass is 16.5. The molecule has 2 heteroatoms. The van der Waals surface area contributed by atoms with E-state index in [2.05, 4.69) is 19.9 Å². The van der Waals surface area contributed by atoms with Crippen molar-refractivity contribution in [3.63, 3.8) is 0 Å². The first-order chi connectivity index (χ1) is 7.20. The van der Waals surface area contributed by atoms with Gasteiger partial charge in [0.1, 0.15) is 5.75 Å². The van der Waals surface area contributed by atoms with Gasteiger partial charge in [0.15, 0.2) is 0 Å². The van der Waals surface area contributed by atoms with Gasteiger partial charge in [0.25, 0.3) is 0 Å². The average molecular weight is 207 g/mol. The number of rotatable bonds is 5. The summed E-state index contributed by atoms with van der Waals surface area (Å²) in [6.07, 6.45) is 3.42. The lowest BCUT2D eigenvalue weighted by Crippen LogP contribution is -2.12. The first-order valence-corrected chi connectivity index (χ1v) is 5.59. The summed E-state index contributed by atoms with van der Waals surface area (Å²) in [5, 5.41) is 0. The second kappa shape index (κ2) is 5.76. The van der Waals surface area contributed by atoms with Gasteiger partial charge in [-0.15, -0.1) is 0 Å². The largest absolute Gasteiger partial charge is 0.496 e. The van der Waals surface area contributed by atoms with E-state index in [1.54, 1.807) is 7.11 Å². The van der Waals surface area contributed by atoms with Crippen molar-refractivity contribution in [3.8, 4) is 5.75 Å². The van der Waals surface area contributed by atoms with Crippen LogP contribution in [0.25, 0.3) is 0 Å². The van der Waals surface area contributed by atoms with E-state index in [1.807, 2.05) is 12.1 Å². The lowest BCUT2D eigenvalue weighted by molar-refractivity contribution is 0.410. The molecule has 0 heterocycles. The predicted octanol–water partition coefficient (Wildman–Crippen LogP) is 3.19. The summed E-state index contributed by atoms with van der Waals surface area (Å²) in [7, 11) is 1.70. The molecule has 2 N–H and O–H groups in total. The molecule has 1 aromatic carbocycles. The van der Waals surface area contributed by atoms with Gasteiger partial charge >= 0.3 is 0 Å². The minimum Gasteiger partial charge on any atom is -0.496 e. The van der Waals surface area contributed by atoms with Gasteiger partial charge in [0.05, 0.1) is 7.11 Å². The van der Waals surface area contributed by atoms with Crippen molar-refractivity contribution in [2.45, 2.75) is 39.2 Å². The molecule has 84 valence electrons. The van der Waals surface area contributed by atoms with E-state index < -0.39 is 0 Å². The average Bonchev–Trinajstić information content (AvgIpc) is 2.26. The van der Waals surface area contributed by atoms with Crippen LogP contribution in [0.2, 0.25) is 0 Å². The topological polar surface area (TPSA) is 35.2 Å². The molecule has 1 atom stereocenters. The quantitative estimate of drug-likeness (QED) is 0.804. The summed E-state index contributed by atoms with van der Waals surface area (Å²) in [6, 6.07) is 6.22. The Morgan fingerprint density at radius 1 is 1.40 bits per heavy atom. The van der Waals surface area contributed by atoms with Crippen molar-refractivity contribution in [3.05, 3.63) is 29.3 Å². The summed E-state index contributed by atoms with van der Waals surface area (Å²) in [5.74, 6) is 0.930. The first-order valence-electron chi connectivity index (χ1n) is 5.59. The number of benzene rings is 1. The fraction of sp³-hybridized carbons (Fsp3) is 0.538. The highest BCUT2D eigenvalue weighted by Gasteiger charge is 2.10. The summed E-state index contributed by atoms with van der Waals surface area (Å²) in [6.45, 7) is 4.26. The molecule has 0 fully saturated rings. The monoisotopic (exact) mass is 207 g/mol. The van der Waals surface area contributed by atoms with E-state index in [-0.39, 0.29) is 6.04 Å². The Bertz CT molecular complexity index is 309. The number of hydrogen-bond donors (Lipinski definition) is 1. The van der Waals surface area contributed by atoms with Crippen LogP contribution in [-0.4, -0.2) is 7.11 Å². The smallest absolute Gasteiger partial charge is 0.122 e. The van der Waals surface area contributed by atoms with E-state index >= 15 is 0 Å². The van der Waals surface area contributed by atoms with Gasteiger partial charge in [-0.05, 0) is 30.5 Å². The molecule has 0 saturated heterocycles. The summed E-state index contributed by atoms with van der Waals surface area (Å²) in [4.78, 5) is 0. The molecule has 0 aliphatic carbocycles. The third kappa shape index (κ3) is 2.96. The number of ether oxygens (including phenoxy) is 1. The van der Waals surface area contributed by atoms with Crippen LogP contribution >= 0.6 is 0 Å². The molecular weight excluding hydrogens is 186 g/mol. The summed E-state index contributed by atoms with van der Waals surface area (Å²) in [5.41, 5.74) is 8.53. The summed E-state index contributed by atoms with van der Waals surface area (Å²) >= 11 is 0. The minimum atomic E-state index is 0.139. The predicted molar refractivity (Wildman–Crippen MR) is 64.2 cm³/mol. The molecular formula is C13H21NO. The van der Waals surface area contributed by atoms with Crippen LogP contribution in [0.4, 0.5) is 0 Å². The molecule has 0 radical (unpaired) electrons. The third-order valence-corrected chi connectivity index (χ3v) is 2.81. The third-order valence-electron chi connectivity index (χ3n) is 2.81. The zero-order valence-electron chi connectivity index (χ0n) is 9.92. The van der Waals surface area contributed by atoms with Gasteiger partial charge in [0, 0.05) is 6.04 Å². The lowest BCUT2D eigenvalue weighted by Gasteiger charge is -2.16. The molecule has 0 saturated carbocycles. The van der Waals surface area contributed by atoms with Crippen molar-refractivity contribution in [2.75, 3.05) is 7.11 Å². The van der Waals surface area contributed by atoms with Crippen molar-refractivity contribution in [1.82, 2.24) is 0 Å². The first kappa shape index (κ1) is 12.1. The standard InChI is InChI=1S/C13H21NO/c1-4-5-8-12(14)11-7-6-9-13(15-3)10(11)2/h6-7,9,12H,4-5,8,14H2,1-3H3/t12-/m1/s1. The fourth-order valence-electron chi connectivity index (χ4n) is 1.83. The van der Waals surface area contributed by atoms with Crippen molar-refractivity contribution >= 4 is 0 Å². The molecule has 0 bridgehead atoms. The minimum absolute atomic E-state index is 0.139. The van der Waals surface area contributed by atoms with Crippen LogP contribution in [0.5, 0.6) is 5.75 Å². The summed E-state index contributed by atoms with van der Waals surface area (Å²) < 4.78 is 5.28. The Morgan fingerprint density at radius 3 is 2.73 bits per heavy atom. The molecule has 0 aliphatic rings. The van der Waals surface area contributed by atoms with Crippen LogP contribution < -0.4 is 10.5 Å². The lowest BCUT2D eigenvalue weighted by atomic mass is 9.97. The SMILES string of the molecule is CCCC[C@@H](N)c1cccc(OC)c1C. The van der Waals surface area contributed by atoms with Gasteiger partial charge in [-0.25, -0.2) is 0 Å². The van der Waals surface area contributed by atoms with E-state index in [4.69, 9.17) is 10.5 Å². The number of unbranched alkanes of at least 4 members (excludes halogenated alkanes) is 1. The second-order valence-electron chi connectivity index (χ2n) is 3.92. The Balaban J connectivity index is 2.83. The molecule has 0 unspecified atom stereocenters. The number of methoxy groups -OCH3 is 1. The maximum Gasteiger partial charge on any atom is 0.122 e. The molecule has 0 aliphatic heterocycles. The van der Waals surface area contributed by atoms with Gasteiger partial charge in [-0.2, -0.15) is 0 Å². The van der Waals surface area contributed by atoms with Crippen LogP contribution in [0.1, 0.15) is 43.4 Å². The van der Waals surface area contributed by atoms with Gasteiger partial charge in [-0.1, -0.05) is 31.9 Å². The van der Waals surface area contributed by atoms with E-state index in [0.717, 1.165) is 12.2 Å². The maximum atomic E-state index is 6.15. The Labute approximate surface area is 92.4 Å². The highest BCUT2D eigenvalue weighted by Crippen LogP contribution is 2.27.